The molecule has 26 heavy (non-hydrogen) atoms. The van der Waals surface area contributed by atoms with Gasteiger partial charge in [-0.15, -0.1) is 0 Å². The second-order valence-electron chi connectivity index (χ2n) is 7.02. The van der Waals surface area contributed by atoms with E-state index < -0.39 is 0 Å². The fourth-order valence-electron chi connectivity index (χ4n) is 3.46. The molecule has 1 aliphatic rings. The third-order valence-electron chi connectivity index (χ3n) is 4.78. The van der Waals surface area contributed by atoms with Crippen LogP contribution in [-0.4, -0.2) is 33.2 Å². The van der Waals surface area contributed by atoms with Gasteiger partial charge in [-0.05, 0) is 31.5 Å². The lowest BCUT2D eigenvalue weighted by Crippen LogP contribution is -2.25. The molecule has 4 rings (SSSR count). The Morgan fingerprint density at radius 2 is 2.08 bits per heavy atom. The van der Waals surface area contributed by atoms with Gasteiger partial charge >= 0.3 is 0 Å². The van der Waals surface area contributed by atoms with Crippen molar-refractivity contribution in [3.63, 3.8) is 0 Å². The summed E-state index contributed by atoms with van der Waals surface area (Å²) in [5, 5.41) is 5.18. The summed E-state index contributed by atoms with van der Waals surface area (Å²) < 4.78 is 5.59. The van der Waals surface area contributed by atoms with Gasteiger partial charge in [-0.25, -0.2) is 9.97 Å². The molecule has 2 N–H and O–H groups in total. The first-order chi connectivity index (χ1) is 12.7. The summed E-state index contributed by atoms with van der Waals surface area (Å²) >= 11 is 0. The molecule has 1 aliphatic heterocycles. The van der Waals surface area contributed by atoms with Crippen LogP contribution >= 0.6 is 0 Å². The highest BCUT2D eigenvalue weighted by Gasteiger charge is 2.33. The third-order valence-corrected chi connectivity index (χ3v) is 4.78. The normalized spacial score (nSPS) is 17.5. The quantitative estimate of drug-likeness (QED) is 0.754. The molecule has 0 bridgehead atoms. The Bertz CT molecular complexity index is 906. The van der Waals surface area contributed by atoms with Crippen molar-refractivity contribution in [3.05, 3.63) is 41.8 Å². The zero-order valence-corrected chi connectivity index (χ0v) is 15.2. The summed E-state index contributed by atoms with van der Waals surface area (Å²) in [4.78, 5) is 16.4. The number of rotatable bonds is 5. The van der Waals surface area contributed by atoms with E-state index in [9.17, 15) is 0 Å². The van der Waals surface area contributed by atoms with Crippen LogP contribution in [0.1, 0.15) is 56.2 Å². The summed E-state index contributed by atoms with van der Waals surface area (Å²) in [7, 11) is 0. The minimum Gasteiger partial charge on any atom is -0.344 e. The van der Waals surface area contributed by atoms with Crippen molar-refractivity contribution in [2.24, 2.45) is 5.73 Å². The molecular weight excluding hydrogens is 328 g/mol. The number of hydrogen-bond donors (Lipinski definition) is 1. The van der Waals surface area contributed by atoms with Crippen molar-refractivity contribution < 1.29 is 4.52 Å². The molecule has 7 nitrogen and oxygen atoms in total. The average Bonchev–Trinajstić information content (AvgIpc) is 3.30. The highest BCUT2D eigenvalue weighted by molar-refractivity contribution is 5.89. The molecule has 1 saturated heterocycles. The minimum absolute atomic E-state index is 0.0547. The molecule has 3 heterocycles. The number of para-hydroxylation sites is 1. The van der Waals surface area contributed by atoms with Gasteiger partial charge in [-0.2, -0.15) is 4.98 Å². The molecule has 1 aromatic carbocycles. The first-order valence-corrected chi connectivity index (χ1v) is 9.23. The lowest BCUT2D eigenvalue weighted by atomic mass is 10.1. The summed E-state index contributed by atoms with van der Waals surface area (Å²) in [5.74, 6) is 3.39. The van der Waals surface area contributed by atoms with Crippen LogP contribution < -0.4 is 10.6 Å². The molecule has 7 heteroatoms. The Morgan fingerprint density at radius 1 is 1.23 bits per heavy atom. The number of aromatic nitrogens is 4. The van der Waals surface area contributed by atoms with Gasteiger partial charge in [0.05, 0.1) is 5.52 Å². The second-order valence-corrected chi connectivity index (χ2v) is 7.02. The fourth-order valence-corrected chi connectivity index (χ4v) is 3.46. The van der Waals surface area contributed by atoms with E-state index in [-0.39, 0.29) is 12.0 Å². The van der Waals surface area contributed by atoms with Gasteiger partial charge in [0.25, 0.3) is 0 Å². The summed E-state index contributed by atoms with van der Waals surface area (Å²) in [6.07, 6.45) is 2.70. The van der Waals surface area contributed by atoms with Crippen LogP contribution in [0.25, 0.3) is 10.9 Å². The largest absolute Gasteiger partial charge is 0.344 e. The number of hydrogen-bond acceptors (Lipinski definition) is 7. The van der Waals surface area contributed by atoms with Crippen molar-refractivity contribution in [1.29, 1.82) is 0 Å². The minimum atomic E-state index is 0.0547. The maximum Gasteiger partial charge on any atom is 0.249 e. The zero-order chi connectivity index (χ0) is 18.1. The topological polar surface area (TPSA) is 94.0 Å². The summed E-state index contributed by atoms with van der Waals surface area (Å²) in [6, 6.07) is 8.17. The third kappa shape index (κ3) is 3.03. The first-order valence-electron chi connectivity index (χ1n) is 9.23. The van der Waals surface area contributed by atoms with E-state index >= 15 is 0 Å². The Hall–Kier alpha value is -2.54. The Kier molecular flexibility index (Phi) is 4.55. The van der Waals surface area contributed by atoms with Gasteiger partial charge in [-0.3, -0.25) is 0 Å². The van der Waals surface area contributed by atoms with Gasteiger partial charge in [0.15, 0.2) is 5.82 Å². The van der Waals surface area contributed by atoms with E-state index in [1.165, 1.54) is 0 Å². The number of nitrogens with two attached hydrogens (primary N) is 1. The van der Waals surface area contributed by atoms with Crippen molar-refractivity contribution in [1.82, 2.24) is 20.1 Å². The van der Waals surface area contributed by atoms with Crippen LogP contribution in [0.15, 0.2) is 28.8 Å². The molecule has 0 amide bonds. The van der Waals surface area contributed by atoms with Crippen molar-refractivity contribution in [3.8, 4) is 0 Å². The van der Waals surface area contributed by atoms with E-state index in [0.717, 1.165) is 47.8 Å². The van der Waals surface area contributed by atoms with Crippen LogP contribution in [0.4, 0.5) is 5.82 Å². The summed E-state index contributed by atoms with van der Waals surface area (Å²) in [5.41, 5.74) is 6.68. The standard InChI is InChI=1S/C19H24N6O/c1-12(2)17-23-19(26-24-17)15-8-5-11-25(15)18-13-6-3-4-7-14(13)21-16(22-18)9-10-20/h3-4,6-7,12,15H,5,8-11,20H2,1-2H3. The Morgan fingerprint density at radius 3 is 2.85 bits per heavy atom. The monoisotopic (exact) mass is 352 g/mol. The first kappa shape index (κ1) is 16.9. The molecule has 0 saturated carbocycles. The molecule has 0 spiro atoms. The average molecular weight is 352 g/mol. The second kappa shape index (κ2) is 6.99. The van der Waals surface area contributed by atoms with Gasteiger partial charge in [-0.1, -0.05) is 31.1 Å². The van der Waals surface area contributed by atoms with Crippen LogP contribution in [-0.2, 0) is 6.42 Å². The van der Waals surface area contributed by atoms with Crippen LogP contribution in [0.3, 0.4) is 0 Å². The fraction of sp³-hybridized carbons (Fsp3) is 0.474. The van der Waals surface area contributed by atoms with Crippen LogP contribution in [0.2, 0.25) is 0 Å². The van der Waals surface area contributed by atoms with Gasteiger partial charge in [0.1, 0.15) is 17.7 Å². The molecule has 1 fully saturated rings. The zero-order valence-electron chi connectivity index (χ0n) is 15.2. The van der Waals surface area contributed by atoms with E-state index in [2.05, 4.69) is 39.9 Å². The van der Waals surface area contributed by atoms with E-state index in [1.807, 2.05) is 18.2 Å². The SMILES string of the molecule is CC(C)c1noc(C2CCCN2c2nc(CCN)nc3ccccc23)n1. The lowest BCUT2D eigenvalue weighted by molar-refractivity contribution is 0.349. The molecular formula is C19H24N6O. The molecule has 136 valence electrons. The van der Waals surface area contributed by atoms with Gasteiger partial charge < -0.3 is 15.2 Å². The smallest absolute Gasteiger partial charge is 0.249 e. The number of fused-ring (bicyclic) bond motifs is 1. The van der Waals surface area contributed by atoms with E-state index in [4.69, 9.17) is 15.2 Å². The molecule has 2 aromatic heterocycles. The predicted molar refractivity (Wildman–Crippen MR) is 100 cm³/mol. The van der Waals surface area contributed by atoms with Crippen LogP contribution in [0, 0.1) is 0 Å². The lowest BCUT2D eigenvalue weighted by Gasteiger charge is -2.24. The van der Waals surface area contributed by atoms with Crippen molar-refractivity contribution in [2.45, 2.75) is 45.1 Å². The maximum absolute atomic E-state index is 5.73. The molecule has 1 unspecified atom stereocenters. The van der Waals surface area contributed by atoms with Crippen LogP contribution in [0.5, 0.6) is 0 Å². The van der Waals surface area contributed by atoms with E-state index in [1.54, 1.807) is 0 Å². The summed E-state index contributed by atoms with van der Waals surface area (Å²) in [6.45, 7) is 5.58. The Labute approximate surface area is 152 Å². The highest BCUT2D eigenvalue weighted by Crippen LogP contribution is 2.37. The maximum atomic E-state index is 5.73. The van der Waals surface area contributed by atoms with E-state index in [0.29, 0.717) is 18.9 Å². The molecule has 0 aliphatic carbocycles. The molecule has 1 atom stereocenters. The van der Waals surface area contributed by atoms with Gasteiger partial charge in [0.2, 0.25) is 5.89 Å². The van der Waals surface area contributed by atoms with Crippen molar-refractivity contribution >= 4 is 16.7 Å². The van der Waals surface area contributed by atoms with Gasteiger partial charge in [0, 0.05) is 24.3 Å². The number of benzene rings is 1. The molecule has 0 radical (unpaired) electrons. The number of nitrogens with zero attached hydrogens (tertiary/aromatic N) is 5. The molecule has 3 aromatic rings. The predicted octanol–water partition coefficient (Wildman–Crippen LogP) is 2.98. The Balaban J connectivity index is 1.77. The van der Waals surface area contributed by atoms with Crippen molar-refractivity contribution in [2.75, 3.05) is 18.0 Å². The number of anilines is 1. The highest BCUT2D eigenvalue weighted by atomic mass is 16.5.